The molecule has 0 amide bonds. The highest BCUT2D eigenvalue weighted by atomic mass is 35.5. The Morgan fingerprint density at radius 1 is 1.37 bits per heavy atom. The van der Waals surface area contributed by atoms with Gasteiger partial charge in [-0.2, -0.15) is 0 Å². The number of halogens is 2. The number of fused-ring (bicyclic) bond motifs is 5. The molecule has 3 aromatic rings. The molecule has 0 saturated carbocycles. The van der Waals surface area contributed by atoms with Gasteiger partial charge in [-0.05, 0) is 24.6 Å². The number of pyridine rings is 2. The molecule has 0 bridgehead atoms. The molecule has 0 unspecified atom stereocenters. The van der Waals surface area contributed by atoms with E-state index in [4.69, 9.17) is 16.3 Å². The van der Waals surface area contributed by atoms with Crippen LogP contribution in [-0.2, 0) is 11.3 Å². The Kier molecular flexibility index (Phi) is 4.11. The number of carbonyl (C=O) groups excluding carboxylic acids is 1. The summed E-state index contributed by atoms with van der Waals surface area (Å²) in [5.41, 5.74) is 1.12. The summed E-state index contributed by atoms with van der Waals surface area (Å²) in [5, 5.41) is -0.375. The highest BCUT2D eigenvalue weighted by Crippen LogP contribution is 2.35. The third-order valence-corrected chi connectivity index (χ3v) is 4.78. The zero-order valence-electron chi connectivity index (χ0n) is 14.6. The second kappa shape index (κ2) is 6.35. The number of esters is 1. The minimum atomic E-state index is -0.825. The molecule has 4 rings (SSSR count). The monoisotopic (exact) mass is 387 g/mol. The summed E-state index contributed by atoms with van der Waals surface area (Å²) in [4.78, 5) is 31.5. The quantitative estimate of drug-likeness (QED) is 0.498. The van der Waals surface area contributed by atoms with Gasteiger partial charge < -0.3 is 9.64 Å². The van der Waals surface area contributed by atoms with Crippen LogP contribution in [0.3, 0.4) is 0 Å². The van der Waals surface area contributed by atoms with E-state index in [0.717, 1.165) is 17.3 Å². The second-order valence-electron chi connectivity index (χ2n) is 6.20. The number of anilines is 1. The zero-order valence-corrected chi connectivity index (χ0v) is 15.4. The van der Waals surface area contributed by atoms with Crippen molar-refractivity contribution in [1.82, 2.24) is 9.55 Å². The standard InChI is InChI=1S/C19H15ClFN3O3/c1-3-27-19(26)14-15(25)11-8-12(21)16(20)22-17(11)24-13-7-5-4-6-10(13)9-23(2)18(14)24/h4-8H,3,9H2,1-2H3. The molecule has 6 nitrogen and oxygen atoms in total. The lowest BCUT2D eigenvalue weighted by Gasteiger charge is -2.33. The summed E-state index contributed by atoms with van der Waals surface area (Å²) in [5.74, 6) is -1.23. The molecule has 27 heavy (non-hydrogen) atoms. The predicted molar refractivity (Wildman–Crippen MR) is 100 cm³/mol. The number of para-hydroxylation sites is 1. The van der Waals surface area contributed by atoms with Crippen LogP contribution in [0.15, 0.2) is 35.1 Å². The molecule has 1 aromatic carbocycles. The number of rotatable bonds is 2. The van der Waals surface area contributed by atoms with E-state index in [2.05, 4.69) is 4.98 Å². The van der Waals surface area contributed by atoms with E-state index < -0.39 is 17.2 Å². The van der Waals surface area contributed by atoms with E-state index in [9.17, 15) is 14.0 Å². The molecule has 2 aromatic heterocycles. The number of carbonyl (C=O) groups is 1. The van der Waals surface area contributed by atoms with Gasteiger partial charge in [0, 0.05) is 13.6 Å². The average molecular weight is 388 g/mol. The fourth-order valence-electron chi connectivity index (χ4n) is 3.41. The van der Waals surface area contributed by atoms with Crippen LogP contribution in [-0.4, -0.2) is 29.2 Å². The van der Waals surface area contributed by atoms with Crippen LogP contribution in [0.4, 0.5) is 10.2 Å². The number of benzene rings is 1. The predicted octanol–water partition coefficient (Wildman–Crippen LogP) is 3.30. The van der Waals surface area contributed by atoms with E-state index in [1.54, 1.807) is 23.4 Å². The normalized spacial score (nSPS) is 12.7. The van der Waals surface area contributed by atoms with Crippen LogP contribution in [0.5, 0.6) is 0 Å². The zero-order chi connectivity index (χ0) is 19.3. The second-order valence-corrected chi connectivity index (χ2v) is 6.56. The van der Waals surface area contributed by atoms with Crippen molar-refractivity contribution in [3.8, 4) is 5.69 Å². The van der Waals surface area contributed by atoms with Gasteiger partial charge in [0.25, 0.3) is 0 Å². The maximum Gasteiger partial charge on any atom is 0.345 e. The van der Waals surface area contributed by atoms with Crippen LogP contribution >= 0.6 is 11.6 Å². The molecule has 8 heteroatoms. The highest BCUT2D eigenvalue weighted by Gasteiger charge is 2.31. The molecule has 0 radical (unpaired) electrons. The van der Waals surface area contributed by atoms with Gasteiger partial charge in [-0.15, -0.1) is 0 Å². The van der Waals surface area contributed by atoms with Crippen molar-refractivity contribution in [2.75, 3.05) is 18.6 Å². The Hall–Kier alpha value is -2.93. The first-order valence-corrected chi connectivity index (χ1v) is 8.73. The first-order valence-electron chi connectivity index (χ1n) is 8.35. The van der Waals surface area contributed by atoms with Crippen molar-refractivity contribution < 1.29 is 13.9 Å². The summed E-state index contributed by atoms with van der Waals surface area (Å²) >= 11 is 5.89. The molecule has 0 spiro atoms. The minimum absolute atomic E-state index is 0.0335. The third kappa shape index (κ3) is 2.57. The first-order chi connectivity index (χ1) is 12.9. The molecule has 0 aliphatic carbocycles. The van der Waals surface area contributed by atoms with E-state index in [1.807, 2.05) is 24.3 Å². The van der Waals surface area contributed by atoms with Gasteiger partial charge in [0.15, 0.2) is 16.6 Å². The van der Waals surface area contributed by atoms with Gasteiger partial charge in [-0.1, -0.05) is 29.8 Å². The molecular formula is C19H15ClFN3O3. The van der Waals surface area contributed by atoms with E-state index in [1.165, 1.54) is 0 Å². The van der Waals surface area contributed by atoms with Crippen molar-refractivity contribution in [1.29, 1.82) is 0 Å². The van der Waals surface area contributed by atoms with E-state index >= 15 is 0 Å². The summed E-state index contributed by atoms with van der Waals surface area (Å²) in [6.07, 6.45) is 0. The number of aromatic nitrogens is 2. The van der Waals surface area contributed by atoms with E-state index in [0.29, 0.717) is 12.4 Å². The van der Waals surface area contributed by atoms with Crippen molar-refractivity contribution in [2.24, 2.45) is 0 Å². The van der Waals surface area contributed by atoms with Crippen LogP contribution in [0.2, 0.25) is 5.15 Å². The molecule has 0 saturated heterocycles. The van der Waals surface area contributed by atoms with Gasteiger partial charge in [-0.3, -0.25) is 9.36 Å². The van der Waals surface area contributed by atoms with Crippen LogP contribution in [0.1, 0.15) is 22.8 Å². The molecule has 3 heterocycles. The van der Waals surface area contributed by atoms with Gasteiger partial charge >= 0.3 is 5.97 Å². The number of hydrogen-bond donors (Lipinski definition) is 0. The SMILES string of the molecule is CCOC(=O)c1c2n(c3nc(Cl)c(F)cc3c1=O)-c1ccccc1CN2C. The van der Waals surface area contributed by atoms with Crippen molar-refractivity contribution >= 4 is 34.4 Å². The van der Waals surface area contributed by atoms with Crippen molar-refractivity contribution in [3.63, 3.8) is 0 Å². The lowest BCUT2D eigenvalue weighted by Crippen LogP contribution is -2.34. The number of ether oxygens (including phenoxy) is 1. The molecule has 1 aliphatic heterocycles. The molecule has 0 fully saturated rings. The average Bonchev–Trinajstić information content (AvgIpc) is 2.64. The number of hydrogen-bond acceptors (Lipinski definition) is 5. The van der Waals surface area contributed by atoms with Crippen LogP contribution in [0.25, 0.3) is 16.7 Å². The largest absolute Gasteiger partial charge is 0.462 e. The van der Waals surface area contributed by atoms with Gasteiger partial charge in [0.1, 0.15) is 11.4 Å². The fourth-order valence-corrected chi connectivity index (χ4v) is 3.55. The van der Waals surface area contributed by atoms with E-state index in [-0.39, 0.29) is 28.4 Å². The maximum absolute atomic E-state index is 14.0. The van der Waals surface area contributed by atoms with Gasteiger partial charge in [0.05, 0.1) is 17.7 Å². The summed E-state index contributed by atoms with van der Waals surface area (Å²) in [7, 11) is 1.76. The van der Waals surface area contributed by atoms with Crippen LogP contribution < -0.4 is 10.3 Å². The van der Waals surface area contributed by atoms with Gasteiger partial charge in [-0.25, -0.2) is 14.2 Å². The Balaban J connectivity index is 2.23. The third-order valence-electron chi connectivity index (χ3n) is 4.51. The number of nitrogens with zero attached hydrogens (tertiary/aromatic N) is 3. The molecule has 138 valence electrons. The first kappa shape index (κ1) is 17.5. The van der Waals surface area contributed by atoms with Crippen molar-refractivity contribution in [3.05, 3.63) is 62.7 Å². The highest BCUT2D eigenvalue weighted by molar-refractivity contribution is 6.30. The Labute approximate surface area is 158 Å². The summed E-state index contributed by atoms with van der Waals surface area (Å²) < 4.78 is 20.8. The fraction of sp³-hybridized carbons (Fsp3) is 0.211. The lowest BCUT2D eigenvalue weighted by molar-refractivity contribution is 0.0525. The Bertz CT molecular complexity index is 1160. The molecular weight excluding hydrogens is 373 g/mol. The van der Waals surface area contributed by atoms with Crippen LogP contribution in [0, 0.1) is 5.82 Å². The lowest BCUT2D eigenvalue weighted by atomic mass is 10.1. The summed E-state index contributed by atoms with van der Waals surface area (Å²) in [6, 6.07) is 8.54. The Morgan fingerprint density at radius 3 is 2.85 bits per heavy atom. The minimum Gasteiger partial charge on any atom is -0.462 e. The molecule has 1 aliphatic rings. The summed E-state index contributed by atoms with van der Waals surface area (Å²) in [6.45, 7) is 2.26. The molecule has 0 atom stereocenters. The Morgan fingerprint density at radius 2 is 2.11 bits per heavy atom. The van der Waals surface area contributed by atoms with Crippen molar-refractivity contribution in [2.45, 2.75) is 13.5 Å². The maximum atomic E-state index is 14.0. The molecule has 0 N–H and O–H groups in total. The topological polar surface area (TPSA) is 64.4 Å². The van der Waals surface area contributed by atoms with Gasteiger partial charge in [0.2, 0.25) is 5.43 Å². The smallest absolute Gasteiger partial charge is 0.345 e.